The number of hydrogen-bond acceptors (Lipinski definition) is 3. The van der Waals surface area contributed by atoms with E-state index in [2.05, 4.69) is 17.4 Å². The number of carbonyl (C=O) groups is 1. The van der Waals surface area contributed by atoms with Gasteiger partial charge in [0.05, 0.1) is 0 Å². The SMILES string of the molecule is CCNC(CSCc1ccccc1)C(=O)O. The van der Waals surface area contributed by atoms with E-state index in [0.717, 1.165) is 5.75 Å². The average Bonchev–Trinajstić information content (AvgIpc) is 2.29. The summed E-state index contributed by atoms with van der Waals surface area (Å²) >= 11 is 1.64. The molecule has 88 valence electrons. The van der Waals surface area contributed by atoms with Crippen molar-refractivity contribution in [3.05, 3.63) is 35.9 Å². The Morgan fingerprint density at radius 1 is 1.44 bits per heavy atom. The van der Waals surface area contributed by atoms with Gasteiger partial charge in [-0.3, -0.25) is 4.79 Å². The molecule has 0 fully saturated rings. The summed E-state index contributed by atoms with van der Waals surface area (Å²) in [5.74, 6) is 0.677. The zero-order valence-corrected chi connectivity index (χ0v) is 10.2. The van der Waals surface area contributed by atoms with Crippen LogP contribution < -0.4 is 5.32 Å². The lowest BCUT2D eigenvalue weighted by Gasteiger charge is -2.12. The van der Waals surface area contributed by atoms with Crippen molar-refractivity contribution in [2.24, 2.45) is 0 Å². The van der Waals surface area contributed by atoms with Gasteiger partial charge in [0.15, 0.2) is 0 Å². The van der Waals surface area contributed by atoms with Gasteiger partial charge in [0.1, 0.15) is 6.04 Å². The van der Waals surface area contributed by atoms with E-state index >= 15 is 0 Å². The van der Waals surface area contributed by atoms with E-state index in [4.69, 9.17) is 5.11 Å². The molecule has 1 aromatic rings. The zero-order chi connectivity index (χ0) is 11.8. The molecule has 1 rings (SSSR count). The van der Waals surface area contributed by atoms with Crippen LogP contribution in [0.3, 0.4) is 0 Å². The van der Waals surface area contributed by atoms with Gasteiger partial charge in [0.2, 0.25) is 0 Å². The first-order valence-electron chi connectivity index (χ1n) is 5.32. The molecular weight excluding hydrogens is 222 g/mol. The van der Waals surface area contributed by atoms with E-state index in [9.17, 15) is 4.79 Å². The highest BCUT2D eigenvalue weighted by atomic mass is 32.2. The maximum absolute atomic E-state index is 10.9. The largest absolute Gasteiger partial charge is 0.480 e. The lowest BCUT2D eigenvalue weighted by molar-refractivity contribution is -0.138. The van der Waals surface area contributed by atoms with Crippen molar-refractivity contribution >= 4 is 17.7 Å². The van der Waals surface area contributed by atoms with Gasteiger partial charge in [-0.05, 0) is 12.1 Å². The number of aliphatic carboxylic acids is 1. The van der Waals surface area contributed by atoms with Gasteiger partial charge < -0.3 is 10.4 Å². The first-order chi connectivity index (χ1) is 7.74. The van der Waals surface area contributed by atoms with E-state index in [0.29, 0.717) is 12.3 Å². The van der Waals surface area contributed by atoms with E-state index in [1.165, 1.54) is 5.56 Å². The molecule has 0 spiro atoms. The van der Waals surface area contributed by atoms with Gasteiger partial charge in [-0.15, -0.1) is 0 Å². The van der Waals surface area contributed by atoms with Gasteiger partial charge in [0, 0.05) is 11.5 Å². The quantitative estimate of drug-likeness (QED) is 0.764. The summed E-state index contributed by atoms with van der Waals surface area (Å²) in [6.45, 7) is 2.60. The first kappa shape index (κ1) is 13.1. The van der Waals surface area contributed by atoms with Crippen molar-refractivity contribution in [2.45, 2.75) is 18.7 Å². The molecule has 3 nitrogen and oxygen atoms in total. The minimum Gasteiger partial charge on any atom is -0.480 e. The van der Waals surface area contributed by atoms with Gasteiger partial charge in [0.25, 0.3) is 0 Å². The van der Waals surface area contributed by atoms with E-state index in [1.807, 2.05) is 25.1 Å². The second-order valence-electron chi connectivity index (χ2n) is 3.45. The van der Waals surface area contributed by atoms with Crippen LogP contribution in [0, 0.1) is 0 Å². The van der Waals surface area contributed by atoms with Crippen LogP contribution >= 0.6 is 11.8 Å². The Balaban J connectivity index is 2.31. The molecule has 0 heterocycles. The fraction of sp³-hybridized carbons (Fsp3) is 0.417. The number of carboxylic acids is 1. The topological polar surface area (TPSA) is 49.3 Å². The summed E-state index contributed by atoms with van der Waals surface area (Å²) in [4.78, 5) is 10.9. The molecule has 0 amide bonds. The molecule has 1 aromatic carbocycles. The lowest BCUT2D eigenvalue weighted by atomic mass is 10.2. The number of hydrogen-bond donors (Lipinski definition) is 2. The summed E-state index contributed by atoms with van der Waals surface area (Å²) in [5, 5.41) is 11.9. The zero-order valence-electron chi connectivity index (χ0n) is 9.35. The number of thioether (sulfide) groups is 1. The standard InChI is InChI=1S/C12H17NO2S/c1-2-13-11(12(14)15)9-16-8-10-6-4-3-5-7-10/h3-7,11,13H,2,8-9H2,1H3,(H,14,15). The van der Waals surface area contributed by atoms with Crippen LogP contribution in [0.5, 0.6) is 0 Å². The molecule has 1 unspecified atom stereocenters. The molecule has 4 heteroatoms. The molecule has 0 bridgehead atoms. The third kappa shape index (κ3) is 4.68. The second kappa shape index (κ2) is 7.30. The minimum absolute atomic E-state index is 0.446. The van der Waals surface area contributed by atoms with Crippen LogP contribution in [-0.4, -0.2) is 29.4 Å². The summed E-state index contributed by atoms with van der Waals surface area (Å²) in [6, 6.07) is 9.63. The molecule has 0 aromatic heterocycles. The van der Waals surface area contributed by atoms with Gasteiger partial charge in [-0.25, -0.2) is 0 Å². The Morgan fingerprint density at radius 3 is 2.69 bits per heavy atom. The minimum atomic E-state index is -0.776. The predicted octanol–water partition coefficient (Wildman–Crippen LogP) is 1.98. The summed E-state index contributed by atoms with van der Waals surface area (Å²) in [7, 11) is 0. The number of benzene rings is 1. The van der Waals surface area contributed by atoms with Crippen LogP contribution in [0.4, 0.5) is 0 Å². The molecule has 0 saturated heterocycles. The van der Waals surface area contributed by atoms with Crippen molar-refractivity contribution in [1.29, 1.82) is 0 Å². The molecule has 0 aliphatic rings. The van der Waals surface area contributed by atoms with Crippen LogP contribution in [0.15, 0.2) is 30.3 Å². The van der Waals surface area contributed by atoms with E-state index in [-0.39, 0.29) is 0 Å². The fourth-order valence-corrected chi connectivity index (χ4v) is 2.37. The van der Waals surface area contributed by atoms with E-state index in [1.54, 1.807) is 11.8 Å². The number of likely N-dealkylation sites (N-methyl/N-ethyl adjacent to an activating group) is 1. The summed E-state index contributed by atoms with van der Waals surface area (Å²) in [5.41, 5.74) is 1.23. The number of nitrogens with one attached hydrogen (secondary N) is 1. The van der Waals surface area contributed by atoms with Gasteiger partial charge >= 0.3 is 5.97 Å². The third-order valence-corrected chi connectivity index (χ3v) is 3.25. The third-order valence-electron chi connectivity index (χ3n) is 2.14. The normalized spacial score (nSPS) is 12.3. The highest BCUT2D eigenvalue weighted by molar-refractivity contribution is 7.98. The Morgan fingerprint density at radius 2 is 2.12 bits per heavy atom. The molecular formula is C12H17NO2S. The summed E-state index contributed by atoms with van der Waals surface area (Å²) in [6.07, 6.45) is 0. The number of carboxylic acid groups (broad SMARTS) is 1. The maximum Gasteiger partial charge on any atom is 0.321 e. The Hall–Kier alpha value is -1.00. The van der Waals surface area contributed by atoms with Crippen molar-refractivity contribution in [1.82, 2.24) is 5.32 Å². The molecule has 0 radical (unpaired) electrons. The monoisotopic (exact) mass is 239 g/mol. The van der Waals surface area contributed by atoms with E-state index < -0.39 is 12.0 Å². The summed E-state index contributed by atoms with van der Waals surface area (Å²) < 4.78 is 0. The number of rotatable bonds is 7. The molecule has 0 aliphatic heterocycles. The molecule has 0 aliphatic carbocycles. The second-order valence-corrected chi connectivity index (χ2v) is 4.48. The van der Waals surface area contributed by atoms with Crippen molar-refractivity contribution in [2.75, 3.05) is 12.3 Å². The highest BCUT2D eigenvalue weighted by Gasteiger charge is 2.15. The van der Waals surface area contributed by atoms with Crippen molar-refractivity contribution < 1.29 is 9.90 Å². The lowest BCUT2D eigenvalue weighted by Crippen LogP contribution is -2.38. The van der Waals surface area contributed by atoms with Gasteiger partial charge in [-0.2, -0.15) is 11.8 Å². The Labute approximate surface area is 100 Å². The van der Waals surface area contributed by atoms with Crippen LogP contribution in [0.1, 0.15) is 12.5 Å². The van der Waals surface area contributed by atoms with Crippen molar-refractivity contribution in [3.63, 3.8) is 0 Å². The maximum atomic E-state index is 10.9. The molecule has 2 N–H and O–H groups in total. The van der Waals surface area contributed by atoms with Crippen LogP contribution in [0.25, 0.3) is 0 Å². The van der Waals surface area contributed by atoms with Crippen molar-refractivity contribution in [3.8, 4) is 0 Å². The molecule has 0 saturated carbocycles. The molecule has 16 heavy (non-hydrogen) atoms. The Kier molecular flexibility index (Phi) is 5.96. The molecule has 1 atom stereocenters. The van der Waals surface area contributed by atoms with Crippen LogP contribution in [0.2, 0.25) is 0 Å². The Bertz CT molecular complexity index is 316. The fourth-order valence-electron chi connectivity index (χ4n) is 1.33. The predicted molar refractivity (Wildman–Crippen MR) is 67.7 cm³/mol. The van der Waals surface area contributed by atoms with Gasteiger partial charge in [-0.1, -0.05) is 37.3 Å². The smallest absolute Gasteiger partial charge is 0.321 e. The first-order valence-corrected chi connectivity index (χ1v) is 6.47. The van der Waals surface area contributed by atoms with Crippen LogP contribution in [-0.2, 0) is 10.5 Å². The average molecular weight is 239 g/mol. The highest BCUT2D eigenvalue weighted by Crippen LogP contribution is 2.12.